The van der Waals surface area contributed by atoms with Crippen LogP contribution in [0.25, 0.3) is 0 Å². The number of hydrogen-bond donors (Lipinski definition) is 0. The average Bonchev–Trinajstić information content (AvgIpc) is 2.12. The third-order valence-corrected chi connectivity index (χ3v) is 6.76. The van der Waals surface area contributed by atoms with E-state index in [0.29, 0.717) is 5.41 Å². The first-order valence-corrected chi connectivity index (χ1v) is 8.31. The first-order valence-electron chi connectivity index (χ1n) is 6.08. The Morgan fingerprint density at radius 2 is 1.73 bits per heavy atom. The van der Waals surface area contributed by atoms with Gasteiger partial charge in [-0.1, -0.05) is 40.5 Å². The molecule has 1 atom stereocenters. The summed E-state index contributed by atoms with van der Waals surface area (Å²) in [5, 5.41) is 0. The van der Waals surface area contributed by atoms with E-state index in [4.69, 9.17) is 8.85 Å². The van der Waals surface area contributed by atoms with E-state index < -0.39 is 8.56 Å². The summed E-state index contributed by atoms with van der Waals surface area (Å²) in [6.45, 7) is 11.9. The second-order valence-corrected chi connectivity index (χ2v) is 8.76. The molecule has 1 unspecified atom stereocenters. The van der Waals surface area contributed by atoms with Crippen LogP contribution in [0.4, 0.5) is 0 Å². The maximum absolute atomic E-state index is 5.97. The molecule has 0 radical (unpaired) electrons. The van der Waals surface area contributed by atoms with Crippen LogP contribution in [-0.2, 0) is 8.85 Å². The summed E-state index contributed by atoms with van der Waals surface area (Å²) < 4.78 is 11.7. The highest BCUT2D eigenvalue weighted by Crippen LogP contribution is 2.32. The molecule has 0 aliphatic rings. The summed E-state index contributed by atoms with van der Waals surface area (Å²) in [4.78, 5) is 0. The van der Waals surface area contributed by atoms with Crippen molar-refractivity contribution in [2.45, 2.75) is 59.5 Å². The molecule has 15 heavy (non-hydrogen) atoms. The van der Waals surface area contributed by atoms with Gasteiger partial charge in [0.05, 0.1) is 0 Å². The van der Waals surface area contributed by atoms with Gasteiger partial charge >= 0.3 is 8.56 Å². The molecule has 0 amide bonds. The SMILES string of the molecule is CCCC[Si](CC(C)(C)C)(OC)OCC. The van der Waals surface area contributed by atoms with Crippen LogP contribution in [-0.4, -0.2) is 22.3 Å². The number of hydrogen-bond acceptors (Lipinski definition) is 2. The van der Waals surface area contributed by atoms with E-state index in [1.165, 1.54) is 12.8 Å². The molecule has 0 heterocycles. The zero-order valence-corrected chi connectivity index (χ0v) is 12.4. The molecule has 0 fully saturated rings. The zero-order valence-electron chi connectivity index (χ0n) is 11.4. The monoisotopic (exact) mass is 232 g/mol. The van der Waals surface area contributed by atoms with Crippen LogP contribution in [0.1, 0.15) is 47.5 Å². The van der Waals surface area contributed by atoms with Crippen LogP contribution in [0.3, 0.4) is 0 Å². The summed E-state index contributed by atoms with van der Waals surface area (Å²) in [7, 11) is -0.103. The molecular formula is C12H28O2Si. The molecule has 0 spiro atoms. The molecule has 0 saturated heterocycles. The van der Waals surface area contributed by atoms with E-state index in [0.717, 1.165) is 18.7 Å². The molecule has 3 heteroatoms. The molecule has 0 aromatic rings. The fraction of sp³-hybridized carbons (Fsp3) is 1.00. The normalized spacial score (nSPS) is 16.4. The number of unbranched alkanes of at least 4 members (excludes halogenated alkanes) is 1. The summed E-state index contributed by atoms with van der Waals surface area (Å²) in [5.41, 5.74) is 0.297. The third kappa shape index (κ3) is 6.33. The quantitative estimate of drug-likeness (QED) is 0.619. The van der Waals surface area contributed by atoms with Crippen LogP contribution in [0.5, 0.6) is 0 Å². The summed E-state index contributed by atoms with van der Waals surface area (Å²) in [6, 6.07) is 2.22. The maximum atomic E-state index is 5.97. The average molecular weight is 232 g/mol. The van der Waals surface area contributed by atoms with Crippen molar-refractivity contribution in [1.29, 1.82) is 0 Å². The minimum absolute atomic E-state index is 0.297. The van der Waals surface area contributed by atoms with E-state index in [1.54, 1.807) is 0 Å². The second-order valence-electron chi connectivity index (χ2n) is 5.39. The molecule has 0 N–H and O–H groups in total. The van der Waals surface area contributed by atoms with Gasteiger partial charge in [-0.3, -0.25) is 0 Å². The predicted octanol–water partition coefficient (Wildman–Crippen LogP) is 3.96. The smallest absolute Gasteiger partial charge is 0.338 e. The van der Waals surface area contributed by atoms with Crippen molar-refractivity contribution in [3.63, 3.8) is 0 Å². The van der Waals surface area contributed by atoms with Crippen LogP contribution >= 0.6 is 0 Å². The van der Waals surface area contributed by atoms with Crippen LogP contribution in [0.2, 0.25) is 12.1 Å². The highest BCUT2D eigenvalue weighted by atomic mass is 28.4. The summed E-state index contributed by atoms with van der Waals surface area (Å²) in [6.07, 6.45) is 2.44. The van der Waals surface area contributed by atoms with Gasteiger partial charge < -0.3 is 8.85 Å². The van der Waals surface area contributed by atoms with Crippen LogP contribution < -0.4 is 0 Å². The van der Waals surface area contributed by atoms with Gasteiger partial charge in [-0.25, -0.2) is 0 Å². The Bertz CT molecular complexity index is 165. The maximum Gasteiger partial charge on any atom is 0.338 e. The van der Waals surface area contributed by atoms with E-state index in [2.05, 4.69) is 34.6 Å². The Morgan fingerprint density at radius 1 is 1.13 bits per heavy atom. The second kappa shape index (κ2) is 6.66. The summed E-state index contributed by atoms with van der Waals surface area (Å²) in [5.74, 6) is 0. The fourth-order valence-electron chi connectivity index (χ4n) is 1.96. The fourth-order valence-corrected chi connectivity index (χ4v) is 5.89. The van der Waals surface area contributed by atoms with Gasteiger partial charge in [-0.15, -0.1) is 0 Å². The first-order chi connectivity index (χ1) is 6.89. The highest BCUT2D eigenvalue weighted by molar-refractivity contribution is 6.67. The molecule has 0 aromatic heterocycles. The Balaban J connectivity index is 4.49. The molecule has 2 nitrogen and oxygen atoms in total. The molecule has 0 aromatic carbocycles. The highest BCUT2D eigenvalue weighted by Gasteiger charge is 2.39. The third-order valence-electron chi connectivity index (χ3n) is 2.49. The van der Waals surface area contributed by atoms with Gasteiger partial charge in [0.15, 0.2) is 0 Å². The van der Waals surface area contributed by atoms with E-state index in [9.17, 15) is 0 Å². The van der Waals surface area contributed by atoms with Crippen molar-refractivity contribution >= 4 is 8.56 Å². The van der Waals surface area contributed by atoms with Crippen molar-refractivity contribution in [2.75, 3.05) is 13.7 Å². The first kappa shape index (κ1) is 15.1. The van der Waals surface area contributed by atoms with Crippen molar-refractivity contribution < 1.29 is 8.85 Å². The Labute approximate surface area is 96.6 Å². The standard InChI is InChI=1S/C12H28O2Si/c1-7-9-10-15(13-6,14-8-2)11-12(3,4)5/h7-11H2,1-6H3. The van der Waals surface area contributed by atoms with E-state index >= 15 is 0 Å². The molecule has 0 aliphatic heterocycles. The van der Waals surface area contributed by atoms with Gasteiger partial charge in [0, 0.05) is 13.7 Å². The molecule has 0 aliphatic carbocycles. The predicted molar refractivity (Wildman–Crippen MR) is 68.4 cm³/mol. The molecule has 0 saturated carbocycles. The van der Waals surface area contributed by atoms with E-state index in [-0.39, 0.29) is 0 Å². The Hall–Kier alpha value is 0.137. The van der Waals surface area contributed by atoms with Crippen LogP contribution in [0, 0.1) is 5.41 Å². The lowest BCUT2D eigenvalue weighted by molar-refractivity contribution is 0.193. The summed E-state index contributed by atoms with van der Waals surface area (Å²) >= 11 is 0. The van der Waals surface area contributed by atoms with Gasteiger partial charge in [0.2, 0.25) is 0 Å². The van der Waals surface area contributed by atoms with Crippen LogP contribution in [0.15, 0.2) is 0 Å². The lowest BCUT2D eigenvalue weighted by atomic mass is 10.0. The van der Waals surface area contributed by atoms with E-state index in [1.807, 2.05) is 7.11 Å². The van der Waals surface area contributed by atoms with Gasteiger partial charge in [0.1, 0.15) is 0 Å². The van der Waals surface area contributed by atoms with Crippen molar-refractivity contribution in [2.24, 2.45) is 5.41 Å². The molecule has 0 bridgehead atoms. The minimum Gasteiger partial charge on any atom is -0.398 e. The van der Waals surface area contributed by atoms with Gasteiger partial charge in [-0.2, -0.15) is 0 Å². The van der Waals surface area contributed by atoms with Gasteiger partial charge in [-0.05, 0) is 24.4 Å². The van der Waals surface area contributed by atoms with Crippen molar-refractivity contribution in [1.82, 2.24) is 0 Å². The van der Waals surface area contributed by atoms with Gasteiger partial charge in [0.25, 0.3) is 0 Å². The largest absolute Gasteiger partial charge is 0.398 e. The minimum atomic E-state index is -1.93. The Morgan fingerprint density at radius 3 is 2.07 bits per heavy atom. The topological polar surface area (TPSA) is 18.5 Å². The lowest BCUT2D eigenvalue weighted by Gasteiger charge is -2.34. The van der Waals surface area contributed by atoms with Crippen molar-refractivity contribution in [3.8, 4) is 0 Å². The van der Waals surface area contributed by atoms with Crippen molar-refractivity contribution in [3.05, 3.63) is 0 Å². The zero-order chi connectivity index (χ0) is 11.9. The number of rotatable bonds is 7. The molecule has 0 rings (SSSR count). The molecular weight excluding hydrogens is 204 g/mol. The molecule has 92 valence electrons. The Kier molecular flexibility index (Phi) is 6.72. The lowest BCUT2D eigenvalue weighted by Crippen LogP contribution is -2.44.